The molecule has 0 aliphatic carbocycles. The maximum atomic E-state index is 13.3. The van der Waals surface area contributed by atoms with Gasteiger partial charge in [0.1, 0.15) is 6.54 Å². The molecule has 0 radical (unpaired) electrons. The number of esters is 1. The smallest absolute Gasteiger partial charge is 0.350 e. The van der Waals surface area contributed by atoms with E-state index < -0.39 is 11.6 Å². The predicted octanol–water partition coefficient (Wildman–Crippen LogP) is 2.45. The van der Waals surface area contributed by atoms with Crippen molar-refractivity contribution in [2.45, 2.75) is 18.1 Å². The highest BCUT2D eigenvalue weighted by Crippen LogP contribution is 2.41. The predicted molar refractivity (Wildman–Crippen MR) is 98.8 cm³/mol. The van der Waals surface area contributed by atoms with Gasteiger partial charge < -0.3 is 19.1 Å². The summed E-state index contributed by atoms with van der Waals surface area (Å²) in [7, 11) is 4.28. The molecule has 3 heterocycles. The Morgan fingerprint density at radius 2 is 1.92 bits per heavy atom. The first-order valence-corrected chi connectivity index (χ1v) is 10.1. The minimum atomic E-state index is -1.30. The van der Waals surface area contributed by atoms with E-state index in [1.165, 1.54) is 22.7 Å². The lowest BCUT2D eigenvalue weighted by Gasteiger charge is -2.31. The Morgan fingerprint density at radius 1 is 1.28 bits per heavy atom. The molecule has 1 saturated heterocycles. The van der Waals surface area contributed by atoms with Gasteiger partial charge in [-0.3, -0.25) is 0 Å². The first kappa shape index (κ1) is 18.5. The summed E-state index contributed by atoms with van der Waals surface area (Å²) >= 11 is 2.92. The molecule has 1 fully saturated rings. The molecule has 1 atom stereocenters. The molecule has 1 N–H and O–H groups in total. The summed E-state index contributed by atoms with van der Waals surface area (Å²) in [5, 5.41) is 13.1. The summed E-state index contributed by atoms with van der Waals surface area (Å²) in [5.41, 5.74) is -1.30. The van der Waals surface area contributed by atoms with E-state index in [0.717, 1.165) is 33.7 Å². The number of aliphatic hydroxyl groups excluding tert-OH is 1. The number of carbonyl (C=O) groups is 1. The van der Waals surface area contributed by atoms with Crippen LogP contribution in [-0.4, -0.2) is 62.1 Å². The Hall–Kier alpha value is -1.25. The van der Waals surface area contributed by atoms with Gasteiger partial charge in [0, 0.05) is 6.42 Å². The molecule has 1 aliphatic heterocycles. The van der Waals surface area contributed by atoms with E-state index in [1.54, 1.807) is 0 Å². The Balaban J connectivity index is 1.94. The number of rotatable bonds is 7. The van der Waals surface area contributed by atoms with E-state index in [0.29, 0.717) is 0 Å². The van der Waals surface area contributed by atoms with Crippen molar-refractivity contribution < 1.29 is 23.9 Å². The van der Waals surface area contributed by atoms with Crippen molar-refractivity contribution in [3.8, 4) is 0 Å². The maximum Gasteiger partial charge on any atom is 0.350 e. The maximum absolute atomic E-state index is 13.3. The number of thiophene rings is 2. The molecule has 1 aliphatic rings. The number of carbonyl (C=O) groups excluding carboxylic acids is 1. The molecule has 0 spiro atoms. The highest BCUT2D eigenvalue weighted by Gasteiger charge is 2.49. The van der Waals surface area contributed by atoms with Crippen LogP contribution in [0, 0.1) is 0 Å². The van der Waals surface area contributed by atoms with Gasteiger partial charge >= 0.3 is 5.97 Å². The molecular formula is C18H24NO4S2+. The number of aliphatic hydroxyl groups is 1. The molecule has 0 bridgehead atoms. The second kappa shape index (κ2) is 7.55. The van der Waals surface area contributed by atoms with E-state index in [9.17, 15) is 9.90 Å². The van der Waals surface area contributed by atoms with Crippen molar-refractivity contribution in [3.05, 3.63) is 44.8 Å². The second-order valence-electron chi connectivity index (χ2n) is 6.87. The quantitative estimate of drug-likeness (QED) is 0.590. The van der Waals surface area contributed by atoms with Crippen LogP contribution in [0.4, 0.5) is 0 Å². The fourth-order valence-electron chi connectivity index (χ4n) is 3.24. The third-order valence-corrected chi connectivity index (χ3v) is 6.40. The van der Waals surface area contributed by atoms with Gasteiger partial charge in [-0.15, -0.1) is 22.7 Å². The van der Waals surface area contributed by atoms with Crippen molar-refractivity contribution >= 4 is 28.6 Å². The Bertz CT molecular complexity index is 648. The summed E-state index contributed by atoms with van der Waals surface area (Å²) in [6.45, 7) is 1.70. The fourth-order valence-corrected chi connectivity index (χ4v) is 5.06. The minimum Gasteiger partial charge on any atom is -0.453 e. The largest absolute Gasteiger partial charge is 0.453 e. The molecule has 5 nitrogen and oxygen atoms in total. The number of ether oxygens (including phenoxy) is 2. The molecule has 3 rings (SSSR count). The number of hydrogen-bond donors (Lipinski definition) is 1. The second-order valence-corrected chi connectivity index (χ2v) is 8.76. The van der Waals surface area contributed by atoms with Crippen LogP contribution in [0.5, 0.6) is 0 Å². The molecule has 0 saturated carbocycles. The Morgan fingerprint density at radius 3 is 2.36 bits per heavy atom. The SMILES string of the molecule is C[N+]1(C)CCC(OC(=O)C(OCCO)(c2cccs2)c2cccs2)C1. The van der Waals surface area contributed by atoms with Crippen molar-refractivity contribution in [2.75, 3.05) is 40.4 Å². The molecule has 7 heteroatoms. The molecule has 0 aromatic carbocycles. The highest BCUT2D eigenvalue weighted by molar-refractivity contribution is 7.12. The van der Waals surface area contributed by atoms with Gasteiger partial charge in [-0.05, 0) is 22.9 Å². The zero-order chi connectivity index (χ0) is 17.9. The van der Waals surface area contributed by atoms with Crippen LogP contribution in [0.25, 0.3) is 0 Å². The van der Waals surface area contributed by atoms with Crippen LogP contribution in [0.2, 0.25) is 0 Å². The van der Waals surface area contributed by atoms with E-state index >= 15 is 0 Å². The van der Waals surface area contributed by atoms with Crippen molar-refractivity contribution in [2.24, 2.45) is 0 Å². The molecule has 2 aromatic heterocycles. The Kier molecular flexibility index (Phi) is 5.60. The number of quaternary nitrogens is 1. The lowest BCUT2D eigenvalue weighted by atomic mass is 9.99. The molecule has 25 heavy (non-hydrogen) atoms. The standard InChI is InChI=1S/C18H24NO4S2/c1-19(2)8-7-14(13-19)23-17(21)18(22-10-9-20,15-5-3-11-24-15)16-6-4-12-25-16/h3-6,11-12,14,20H,7-10,13H2,1-2H3/q+1. The topological polar surface area (TPSA) is 55.8 Å². The van der Waals surface area contributed by atoms with Crippen molar-refractivity contribution in [1.29, 1.82) is 0 Å². The molecular weight excluding hydrogens is 358 g/mol. The van der Waals surface area contributed by atoms with Gasteiger partial charge in [0.05, 0.1) is 43.6 Å². The third kappa shape index (κ3) is 3.80. The summed E-state index contributed by atoms with van der Waals surface area (Å²) in [6, 6.07) is 7.57. The average molecular weight is 383 g/mol. The molecule has 1 unspecified atom stereocenters. The monoisotopic (exact) mass is 382 g/mol. The van der Waals surface area contributed by atoms with Gasteiger partial charge in [-0.2, -0.15) is 0 Å². The summed E-state index contributed by atoms with van der Waals surface area (Å²) < 4.78 is 12.7. The normalized spacial score (nSPS) is 19.9. The van der Waals surface area contributed by atoms with Crippen LogP contribution in [-0.2, 0) is 19.9 Å². The van der Waals surface area contributed by atoms with E-state index in [1.807, 2.05) is 35.0 Å². The molecule has 136 valence electrons. The first-order chi connectivity index (χ1) is 12.0. The number of hydrogen-bond acceptors (Lipinski definition) is 6. The minimum absolute atomic E-state index is 0.0666. The zero-order valence-electron chi connectivity index (χ0n) is 14.5. The zero-order valence-corrected chi connectivity index (χ0v) is 16.1. The van der Waals surface area contributed by atoms with Crippen LogP contribution in [0.1, 0.15) is 16.2 Å². The van der Waals surface area contributed by atoms with Crippen LogP contribution >= 0.6 is 22.7 Å². The van der Waals surface area contributed by atoms with Crippen LogP contribution in [0.3, 0.4) is 0 Å². The van der Waals surface area contributed by atoms with Crippen molar-refractivity contribution in [1.82, 2.24) is 0 Å². The molecule has 2 aromatic rings. The van der Waals surface area contributed by atoms with Crippen LogP contribution < -0.4 is 0 Å². The first-order valence-electron chi connectivity index (χ1n) is 8.34. The van der Waals surface area contributed by atoms with Gasteiger partial charge in [0.25, 0.3) is 0 Å². The lowest BCUT2D eigenvalue weighted by Crippen LogP contribution is -2.44. The van der Waals surface area contributed by atoms with E-state index in [-0.39, 0.29) is 19.3 Å². The molecule has 0 amide bonds. The van der Waals surface area contributed by atoms with Gasteiger partial charge in [0.15, 0.2) is 6.10 Å². The fraction of sp³-hybridized carbons (Fsp3) is 0.500. The van der Waals surface area contributed by atoms with Gasteiger partial charge in [-0.1, -0.05) is 12.1 Å². The van der Waals surface area contributed by atoms with E-state index in [2.05, 4.69) is 14.1 Å². The van der Waals surface area contributed by atoms with Gasteiger partial charge in [-0.25, -0.2) is 4.79 Å². The van der Waals surface area contributed by atoms with Gasteiger partial charge in [0.2, 0.25) is 5.60 Å². The van der Waals surface area contributed by atoms with Crippen molar-refractivity contribution in [3.63, 3.8) is 0 Å². The average Bonchev–Trinajstić information content (AvgIpc) is 3.31. The lowest BCUT2D eigenvalue weighted by molar-refractivity contribution is -0.879. The number of likely N-dealkylation sites (N-methyl/N-ethyl adjacent to an activating group) is 1. The summed E-state index contributed by atoms with van der Waals surface area (Å²) in [4.78, 5) is 14.9. The van der Waals surface area contributed by atoms with E-state index in [4.69, 9.17) is 9.47 Å². The van der Waals surface area contributed by atoms with Crippen LogP contribution in [0.15, 0.2) is 35.0 Å². The summed E-state index contributed by atoms with van der Waals surface area (Å²) in [5.74, 6) is -0.391. The number of likely N-dealkylation sites (tertiary alicyclic amines) is 1. The highest BCUT2D eigenvalue weighted by atomic mass is 32.1. The Labute approximate surface area is 156 Å². The third-order valence-electron chi connectivity index (χ3n) is 4.46. The number of nitrogens with zero attached hydrogens (tertiary/aromatic N) is 1. The summed E-state index contributed by atoms with van der Waals surface area (Å²) in [6.07, 6.45) is 0.739.